The van der Waals surface area contributed by atoms with Crippen molar-refractivity contribution in [1.82, 2.24) is 9.97 Å². The first-order valence-corrected chi connectivity index (χ1v) is 7.61. The van der Waals surface area contributed by atoms with E-state index in [4.69, 9.17) is 0 Å². The fourth-order valence-corrected chi connectivity index (χ4v) is 3.10. The predicted octanol–water partition coefficient (Wildman–Crippen LogP) is 5.23. The number of rotatable bonds is 0. The first kappa shape index (κ1) is 13.2. The van der Waals surface area contributed by atoms with E-state index in [0.717, 1.165) is 11.0 Å². The van der Waals surface area contributed by atoms with Gasteiger partial charge in [0, 0.05) is 23.2 Å². The molecule has 0 N–H and O–H groups in total. The molecule has 0 saturated heterocycles. The molecule has 4 aromatic rings. The van der Waals surface area contributed by atoms with Crippen LogP contribution >= 0.6 is 0 Å². The second-order valence-corrected chi connectivity index (χ2v) is 6.81. The van der Waals surface area contributed by atoms with Gasteiger partial charge in [0.2, 0.25) is 0 Å². The Morgan fingerprint density at radius 2 is 1.27 bits per heavy atom. The van der Waals surface area contributed by atoms with Crippen LogP contribution in [0.5, 0.6) is 0 Å². The molecule has 0 unspecified atom stereocenters. The van der Waals surface area contributed by atoms with E-state index in [1.807, 2.05) is 0 Å². The number of hydrogen-bond acceptors (Lipinski definition) is 2. The zero-order valence-corrected chi connectivity index (χ0v) is 13.1. The summed E-state index contributed by atoms with van der Waals surface area (Å²) in [5.74, 6) is 0. The van der Waals surface area contributed by atoms with Gasteiger partial charge < -0.3 is 0 Å². The molecule has 0 saturated carbocycles. The molecule has 1 heterocycles. The molecule has 0 radical (unpaired) electrons. The van der Waals surface area contributed by atoms with Crippen molar-refractivity contribution in [1.29, 1.82) is 0 Å². The van der Waals surface area contributed by atoms with E-state index in [2.05, 4.69) is 73.2 Å². The van der Waals surface area contributed by atoms with E-state index in [0.29, 0.717) is 0 Å². The van der Waals surface area contributed by atoms with E-state index in [1.54, 1.807) is 12.4 Å². The van der Waals surface area contributed by atoms with Crippen molar-refractivity contribution >= 4 is 32.6 Å². The van der Waals surface area contributed by atoms with Gasteiger partial charge in [-0.2, -0.15) is 0 Å². The Bertz CT molecular complexity index is 975. The van der Waals surface area contributed by atoms with Crippen molar-refractivity contribution in [2.45, 2.75) is 26.2 Å². The molecule has 0 atom stereocenters. The molecular formula is C20H18N2. The lowest BCUT2D eigenvalue weighted by Gasteiger charge is -2.20. The first-order valence-electron chi connectivity index (χ1n) is 7.61. The Morgan fingerprint density at radius 3 is 1.91 bits per heavy atom. The smallest absolute Gasteiger partial charge is 0.0971 e. The van der Waals surface area contributed by atoms with E-state index >= 15 is 0 Å². The molecule has 1 aromatic heterocycles. The first-order chi connectivity index (χ1) is 10.6. The zero-order valence-electron chi connectivity index (χ0n) is 13.1. The molecule has 22 heavy (non-hydrogen) atoms. The third-order valence-electron chi connectivity index (χ3n) is 4.31. The summed E-state index contributed by atoms with van der Waals surface area (Å²) in [7, 11) is 0. The van der Waals surface area contributed by atoms with Crippen molar-refractivity contribution in [2.24, 2.45) is 0 Å². The maximum Gasteiger partial charge on any atom is 0.0971 e. The lowest BCUT2D eigenvalue weighted by molar-refractivity contribution is 0.591. The summed E-state index contributed by atoms with van der Waals surface area (Å²) in [6.07, 6.45) is 3.54. The summed E-state index contributed by atoms with van der Waals surface area (Å²) < 4.78 is 0. The lowest BCUT2D eigenvalue weighted by Crippen LogP contribution is -2.10. The Hall–Kier alpha value is -2.48. The molecule has 0 fully saturated rings. The van der Waals surface area contributed by atoms with Gasteiger partial charge in [-0.1, -0.05) is 57.2 Å². The van der Waals surface area contributed by atoms with Crippen LogP contribution in [-0.4, -0.2) is 9.97 Å². The maximum absolute atomic E-state index is 4.59. The van der Waals surface area contributed by atoms with E-state index < -0.39 is 0 Å². The monoisotopic (exact) mass is 286 g/mol. The Kier molecular flexibility index (Phi) is 2.70. The lowest BCUT2D eigenvalue weighted by atomic mass is 9.85. The summed E-state index contributed by atoms with van der Waals surface area (Å²) in [6.45, 7) is 6.74. The molecule has 3 aromatic carbocycles. The third kappa shape index (κ3) is 1.87. The van der Waals surface area contributed by atoms with Gasteiger partial charge in [-0.05, 0) is 27.8 Å². The summed E-state index contributed by atoms with van der Waals surface area (Å²) in [5.41, 5.74) is 3.44. The number of fused-ring (bicyclic) bond motifs is 6. The third-order valence-corrected chi connectivity index (χ3v) is 4.31. The van der Waals surface area contributed by atoms with Crippen LogP contribution in [0.15, 0.2) is 54.9 Å². The molecule has 0 spiro atoms. The minimum atomic E-state index is 0.132. The highest BCUT2D eigenvalue weighted by molar-refractivity contribution is 6.23. The molecule has 0 aliphatic carbocycles. The van der Waals surface area contributed by atoms with Gasteiger partial charge in [-0.3, -0.25) is 9.97 Å². The number of aromatic nitrogens is 2. The topological polar surface area (TPSA) is 25.8 Å². The highest BCUT2D eigenvalue weighted by Gasteiger charge is 2.16. The molecule has 2 nitrogen and oxygen atoms in total. The van der Waals surface area contributed by atoms with Gasteiger partial charge in [0.25, 0.3) is 0 Å². The van der Waals surface area contributed by atoms with Crippen LogP contribution in [0.1, 0.15) is 26.3 Å². The molecule has 0 aliphatic rings. The van der Waals surface area contributed by atoms with Gasteiger partial charge in [-0.25, -0.2) is 0 Å². The predicted molar refractivity (Wildman–Crippen MR) is 93.3 cm³/mol. The molecule has 4 rings (SSSR count). The van der Waals surface area contributed by atoms with Crippen LogP contribution in [0.25, 0.3) is 32.6 Å². The van der Waals surface area contributed by atoms with Crippen LogP contribution in [0.2, 0.25) is 0 Å². The Morgan fingerprint density at radius 1 is 0.682 bits per heavy atom. The van der Waals surface area contributed by atoms with Gasteiger partial charge in [-0.15, -0.1) is 0 Å². The van der Waals surface area contributed by atoms with Crippen molar-refractivity contribution in [3.63, 3.8) is 0 Å². The molecular weight excluding hydrogens is 268 g/mol. The molecule has 0 amide bonds. The van der Waals surface area contributed by atoms with Crippen molar-refractivity contribution in [3.8, 4) is 0 Å². The van der Waals surface area contributed by atoms with Gasteiger partial charge in [0.05, 0.1) is 11.0 Å². The van der Waals surface area contributed by atoms with Crippen LogP contribution in [-0.2, 0) is 5.41 Å². The molecule has 2 heteroatoms. The van der Waals surface area contributed by atoms with Crippen molar-refractivity contribution in [3.05, 3.63) is 60.4 Å². The van der Waals surface area contributed by atoms with Crippen molar-refractivity contribution < 1.29 is 0 Å². The minimum absolute atomic E-state index is 0.132. The van der Waals surface area contributed by atoms with Crippen LogP contribution in [0.4, 0.5) is 0 Å². The largest absolute Gasteiger partial charge is 0.252 e. The zero-order chi connectivity index (χ0) is 15.3. The quantitative estimate of drug-likeness (QED) is 0.413. The number of nitrogens with zero attached hydrogens (tertiary/aromatic N) is 2. The number of benzene rings is 3. The fraction of sp³-hybridized carbons (Fsp3) is 0.200. The SMILES string of the molecule is CC(C)(C)c1ccc2c(c1)c1ccccc1c1nccnc21. The normalized spacial score (nSPS) is 12.3. The van der Waals surface area contributed by atoms with Crippen LogP contribution in [0.3, 0.4) is 0 Å². The van der Waals surface area contributed by atoms with Gasteiger partial charge >= 0.3 is 0 Å². The minimum Gasteiger partial charge on any atom is -0.252 e. The van der Waals surface area contributed by atoms with Crippen molar-refractivity contribution in [2.75, 3.05) is 0 Å². The summed E-state index contributed by atoms with van der Waals surface area (Å²) >= 11 is 0. The van der Waals surface area contributed by atoms with E-state index in [1.165, 1.54) is 27.1 Å². The molecule has 0 bridgehead atoms. The maximum atomic E-state index is 4.59. The average Bonchev–Trinajstić information content (AvgIpc) is 2.54. The standard InChI is InChI=1S/C20H18N2/c1-20(2,3)13-8-9-16-17(12-13)14-6-4-5-7-15(14)18-19(16)22-11-10-21-18/h4-12H,1-3H3. The highest BCUT2D eigenvalue weighted by atomic mass is 14.8. The highest BCUT2D eigenvalue weighted by Crippen LogP contribution is 2.35. The molecule has 108 valence electrons. The van der Waals surface area contributed by atoms with E-state index in [-0.39, 0.29) is 5.41 Å². The molecule has 0 aliphatic heterocycles. The second-order valence-electron chi connectivity index (χ2n) is 6.81. The fourth-order valence-electron chi connectivity index (χ4n) is 3.10. The summed E-state index contributed by atoms with van der Waals surface area (Å²) in [5, 5.41) is 4.85. The van der Waals surface area contributed by atoms with Gasteiger partial charge in [0.1, 0.15) is 0 Å². The number of hydrogen-bond donors (Lipinski definition) is 0. The van der Waals surface area contributed by atoms with Crippen LogP contribution < -0.4 is 0 Å². The van der Waals surface area contributed by atoms with E-state index in [9.17, 15) is 0 Å². The summed E-state index contributed by atoms with van der Waals surface area (Å²) in [6, 6.07) is 15.2. The van der Waals surface area contributed by atoms with Gasteiger partial charge in [0.15, 0.2) is 0 Å². The Labute approximate surface area is 129 Å². The second kappa shape index (κ2) is 4.51. The average molecular weight is 286 g/mol. The summed E-state index contributed by atoms with van der Waals surface area (Å²) in [4.78, 5) is 9.16. The Balaban J connectivity index is 2.27. The van der Waals surface area contributed by atoms with Crippen LogP contribution in [0, 0.1) is 0 Å².